The zero-order chi connectivity index (χ0) is 20.8. The maximum atomic E-state index is 13.2. The highest BCUT2D eigenvalue weighted by Gasteiger charge is 2.29. The number of amides is 1. The molecule has 3 aromatic rings. The zero-order valence-corrected chi connectivity index (χ0v) is 17.8. The standard InChI is InChI=1S/C21H21FN4O2S2/c22-17-8-6-15(7-9-17)14-23-20-24-25-21(30-20)29-18(16-4-2-1-3-5-16)19(27)26-10-12-28-13-11-26/h1-9,18H,10-14H2,(H,23,24). The van der Waals surface area contributed by atoms with Gasteiger partial charge in [-0.25, -0.2) is 4.39 Å². The van der Waals surface area contributed by atoms with Crippen LogP contribution in [-0.4, -0.2) is 47.3 Å². The molecule has 0 aliphatic carbocycles. The summed E-state index contributed by atoms with van der Waals surface area (Å²) in [6, 6.07) is 16.1. The Balaban J connectivity index is 1.45. The van der Waals surface area contributed by atoms with Gasteiger partial charge in [0.2, 0.25) is 11.0 Å². The lowest BCUT2D eigenvalue weighted by molar-refractivity contribution is -0.134. The van der Waals surface area contributed by atoms with Crippen molar-refractivity contribution in [2.45, 2.75) is 16.1 Å². The second-order valence-corrected chi connectivity index (χ2v) is 9.03. The molecule has 156 valence electrons. The summed E-state index contributed by atoms with van der Waals surface area (Å²) in [5.74, 6) is -0.198. The van der Waals surface area contributed by atoms with Crippen molar-refractivity contribution in [3.63, 3.8) is 0 Å². The molecule has 9 heteroatoms. The molecule has 1 atom stereocenters. The van der Waals surface area contributed by atoms with Crippen molar-refractivity contribution < 1.29 is 13.9 Å². The van der Waals surface area contributed by atoms with Gasteiger partial charge in [-0.3, -0.25) is 4.79 Å². The molecule has 0 radical (unpaired) electrons. The highest BCUT2D eigenvalue weighted by atomic mass is 32.2. The number of benzene rings is 2. The van der Waals surface area contributed by atoms with Crippen molar-refractivity contribution in [3.8, 4) is 0 Å². The number of carbonyl (C=O) groups is 1. The van der Waals surface area contributed by atoms with E-state index in [-0.39, 0.29) is 17.0 Å². The minimum atomic E-state index is -0.387. The number of hydrogen-bond donors (Lipinski definition) is 1. The minimum Gasteiger partial charge on any atom is -0.378 e. The fourth-order valence-electron chi connectivity index (χ4n) is 3.05. The lowest BCUT2D eigenvalue weighted by Gasteiger charge is -2.30. The number of ether oxygens (including phenoxy) is 1. The van der Waals surface area contributed by atoms with Crippen molar-refractivity contribution in [1.29, 1.82) is 0 Å². The molecule has 30 heavy (non-hydrogen) atoms. The van der Waals surface area contributed by atoms with Gasteiger partial charge in [0, 0.05) is 19.6 Å². The number of aromatic nitrogens is 2. The molecule has 4 rings (SSSR count). The molecule has 1 fully saturated rings. The lowest BCUT2D eigenvalue weighted by Crippen LogP contribution is -2.42. The molecule has 1 aliphatic heterocycles. The van der Waals surface area contributed by atoms with Crippen molar-refractivity contribution in [1.82, 2.24) is 15.1 Å². The second kappa shape index (κ2) is 10.0. The molecule has 1 aliphatic rings. The normalized spacial score (nSPS) is 15.0. The van der Waals surface area contributed by atoms with Crippen molar-refractivity contribution in [3.05, 3.63) is 71.5 Å². The number of nitrogens with one attached hydrogen (secondary N) is 1. The third-order valence-electron chi connectivity index (χ3n) is 4.63. The van der Waals surface area contributed by atoms with Gasteiger partial charge >= 0.3 is 0 Å². The molecule has 1 N–H and O–H groups in total. The van der Waals surface area contributed by atoms with Crippen LogP contribution in [0.4, 0.5) is 9.52 Å². The topological polar surface area (TPSA) is 67.4 Å². The number of carbonyl (C=O) groups excluding carboxylic acids is 1. The number of anilines is 1. The van der Waals surface area contributed by atoms with E-state index in [2.05, 4.69) is 15.5 Å². The number of hydrogen-bond acceptors (Lipinski definition) is 7. The van der Waals surface area contributed by atoms with E-state index in [1.807, 2.05) is 35.2 Å². The predicted octanol–water partition coefficient (Wildman–Crippen LogP) is 3.98. The number of thioether (sulfide) groups is 1. The molecule has 1 amide bonds. The van der Waals surface area contributed by atoms with Crippen LogP contribution in [0.2, 0.25) is 0 Å². The van der Waals surface area contributed by atoms with Gasteiger partial charge in [-0.2, -0.15) is 0 Å². The van der Waals surface area contributed by atoms with E-state index in [1.54, 1.807) is 12.1 Å². The molecule has 0 bridgehead atoms. The van der Waals surface area contributed by atoms with E-state index in [0.717, 1.165) is 11.1 Å². The van der Waals surface area contributed by atoms with Crippen LogP contribution < -0.4 is 5.32 Å². The summed E-state index contributed by atoms with van der Waals surface area (Å²) in [5, 5.41) is 11.9. The molecule has 0 saturated carbocycles. The molecular formula is C21H21FN4O2S2. The Morgan fingerprint density at radius 3 is 2.60 bits per heavy atom. The summed E-state index contributed by atoms with van der Waals surface area (Å²) in [4.78, 5) is 15.1. The molecule has 6 nitrogen and oxygen atoms in total. The largest absolute Gasteiger partial charge is 0.378 e. The lowest BCUT2D eigenvalue weighted by atomic mass is 10.1. The van der Waals surface area contributed by atoms with Crippen molar-refractivity contribution >= 4 is 34.1 Å². The third kappa shape index (κ3) is 5.35. The van der Waals surface area contributed by atoms with E-state index in [9.17, 15) is 9.18 Å². The van der Waals surface area contributed by atoms with Crippen LogP contribution in [0, 0.1) is 5.82 Å². The van der Waals surface area contributed by atoms with Crippen LogP contribution >= 0.6 is 23.1 Å². The van der Waals surface area contributed by atoms with Gasteiger partial charge in [-0.05, 0) is 23.3 Å². The predicted molar refractivity (Wildman–Crippen MR) is 116 cm³/mol. The summed E-state index contributed by atoms with van der Waals surface area (Å²) in [6.07, 6.45) is 0. The SMILES string of the molecule is O=C(C(Sc1nnc(NCc2ccc(F)cc2)s1)c1ccccc1)N1CCOCC1. The number of nitrogens with zero attached hydrogens (tertiary/aromatic N) is 3. The van der Waals surface area contributed by atoms with Crippen LogP contribution in [0.25, 0.3) is 0 Å². The van der Waals surface area contributed by atoms with E-state index in [0.29, 0.717) is 42.3 Å². The van der Waals surface area contributed by atoms with Gasteiger partial charge < -0.3 is 15.0 Å². The van der Waals surface area contributed by atoms with Crippen LogP contribution in [-0.2, 0) is 16.1 Å². The summed E-state index contributed by atoms with van der Waals surface area (Å²) >= 11 is 2.81. The highest BCUT2D eigenvalue weighted by Crippen LogP contribution is 2.39. The van der Waals surface area contributed by atoms with Gasteiger partial charge in [0.15, 0.2) is 4.34 Å². The first kappa shape index (κ1) is 20.8. The maximum absolute atomic E-state index is 13.2. The average Bonchev–Trinajstić information content (AvgIpc) is 3.25. The Kier molecular flexibility index (Phi) is 6.93. The quantitative estimate of drug-likeness (QED) is 0.556. The molecular weight excluding hydrogens is 423 g/mol. The fourth-order valence-corrected chi connectivity index (χ4v) is 5.07. The Morgan fingerprint density at radius 2 is 1.87 bits per heavy atom. The second-order valence-electron chi connectivity index (χ2n) is 6.70. The summed E-state index contributed by atoms with van der Waals surface area (Å²) < 4.78 is 19.1. The average molecular weight is 445 g/mol. The Labute approximate surface area is 182 Å². The number of halogens is 1. The van der Waals surface area contributed by atoms with Crippen LogP contribution in [0.15, 0.2) is 58.9 Å². The monoisotopic (exact) mass is 444 g/mol. The van der Waals surface area contributed by atoms with Crippen molar-refractivity contribution in [2.75, 3.05) is 31.6 Å². The third-order valence-corrected chi connectivity index (χ3v) is 6.84. The summed E-state index contributed by atoms with van der Waals surface area (Å²) in [5.41, 5.74) is 1.89. The molecule has 2 aromatic carbocycles. The maximum Gasteiger partial charge on any atom is 0.240 e. The smallest absolute Gasteiger partial charge is 0.240 e. The molecule has 2 heterocycles. The minimum absolute atomic E-state index is 0.0607. The Bertz CT molecular complexity index is 963. The summed E-state index contributed by atoms with van der Waals surface area (Å²) in [7, 11) is 0. The highest BCUT2D eigenvalue weighted by molar-refractivity contribution is 8.01. The first-order chi connectivity index (χ1) is 14.7. The van der Waals surface area contributed by atoms with Gasteiger partial charge in [0.25, 0.3) is 0 Å². The first-order valence-corrected chi connectivity index (χ1v) is 11.3. The number of rotatable bonds is 7. The number of morpholine rings is 1. The van der Waals surface area contributed by atoms with Gasteiger partial charge in [-0.1, -0.05) is 65.6 Å². The van der Waals surface area contributed by atoms with Gasteiger partial charge in [0.1, 0.15) is 11.1 Å². The van der Waals surface area contributed by atoms with Gasteiger partial charge in [0.05, 0.1) is 13.2 Å². The molecule has 1 unspecified atom stereocenters. The molecule has 0 spiro atoms. The van der Waals surface area contributed by atoms with Crippen LogP contribution in [0.3, 0.4) is 0 Å². The zero-order valence-electron chi connectivity index (χ0n) is 16.2. The Hall–Kier alpha value is -2.49. The van der Waals surface area contributed by atoms with Crippen LogP contribution in [0.1, 0.15) is 16.4 Å². The Morgan fingerprint density at radius 1 is 1.13 bits per heavy atom. The van der Waals surface area contributed by atoms with Crippen molar-refractivity contribution in [2.24, 2.45) is 0 Å². The van der Waals surface area contributed by atoms with Gasteiger partial charge in [-0.15, -0.1) is 10.2 Å². The van der Waals surface area contributed by atoms with E-state index in [1.165, 1.54) is 35.2 Å². The van der Waals surface area contributed by atoms with E-state index in [4.69, 9.17) is 4.74 Å². The summed E-state index contributed by atoms with van der Waals surface area (Å²) in [6.45, 7) is 2.85. The first-order valence-electron chi connectivity index (χ1n) is 9.59. The van der Waals surface area contributed by atoms with E-state index < -0.39 is 0 Å². The van der Waals surface area contributed by atoms with E-state index >= 15 is 0 Å². The molecule has 1 saturated heterocycles. The molecule has 1 aromatic heterocycles. The fraction of sp³-hybridized carbons (Fsp3) is 0.286. The van der Waals surface area contributed by atoms with Crippen LogP contribution in [0.5, 0.6) is 0 Å².